The first-order valence-corrected chi connectivity index (χ1v) is 10.3. The standard InChI is InChI=1S/C21H33F3N4O/c1-3-25-20(27-13-9-18-6-4-5-7-19(18)29-2)26-12-8-17-10-14-28(15-11-17)16-21(22,23)24/h4-7,17H,3,8-16H2,1-2H3,(H2,25,26,27). The van der Waals surface area contributed by atoms with Gasteiger partial charge in [-0.25, -0.2) is 0 Å². The molecule has 0 amide bonds. The molecule has 1 aromatic carbocycles. The average molecular weight is 415 g/mol. The van der Waals surface area contributed by atoms with Gasteiger partial charge in [0.1, 0.15) is 5.75 Å². The van der Waals surface area contributed by atoms with Crippen LogP contribution in [0, 0.1) is 5.92 Å². The zero-order valence-corrected chi connectivity index (χ0v) is 17.4. The summed E-state index contributed by atoms with van der Waals surface area (Å²) >= 11 is 0. The minimum Gasteiger partial charge on any atom is -0.496 e. The largest absolute Gasteiger partial charge is 0.496 e. The molecule has 0 aliphatic carbocycles. The van der Waals surface area contributed by atoms with Gasteiger partial charge < -0.3 is 15.4 Å². The minimum absolute atomic E-state index is 0.444. The van der Waals surface area contributed by atoms with Crippen molar-refractivity contribution in [2.45, 2.75) is 38.8 Å². The number of nitrogens with zero attached hydrogens (tertiary/aromatic N) is 2. The van der Waals surface area contributed by atoms with E-state index in [1.165, 1.54) is 4.90 Å². The monoisotopic (exact) mass is 414 g/mol. The summed E-state index contributed by atoms with van der Waals surface area (Å²) in [5.74, 6) is 2.10. The van der Waals surface area contributed by atoms with Crippen molar-refractivity contribution in [1.29, 1.82) is 0 Å². The van der Waals surface area contributed by atoms with Crippen molar-refractivity contribution in [3.8, 4) is 5.75 Å². The zero-order valence-electron chi connectivity index (χ0n) is 17.4. The molecule has 1 saturated heterocycles. The van der Waals surface area contributed by atoms with Gasteiger partial charge in [-0.05, 0) is 63.2 Å². The van der Waals surface area contributed by atoms with Crippen molar-refractivity contribution >= 4 is 5.96 Å². The molecule has 1 aliphatic heterocycles. The quantitative estimate of drug-likeness (QED) is 0.480. The summed E-state index contributed by atoms with van der Waals surface area (Å²) in [5.41, 5.74) is 1.14. The van der Waals surface area contributed by atoms with Crippen LogP contribution in [0.3, 0.4) is 0 Å². The van der Waals surface area contributed by atoms with E-state index in [2.05, 4.69) is 21.7 Å². The Balaban J connectivity index is 1.72. The van der Waals surface area contributed by atoms with Gasteiger partial charge in [0.25, 0.3) is 0 Å². The molecular weight excluding hydrogens is 381 g/mol. The van der Waals surface area contributed by atoms with Gasteiger partial charge in [0.15, 0.2) is 5.96 Å². The highest BCUT2D eigenvalue weighted by atomic mass is 19.4. The van der Waals surface area contributed by atoms with Gasteiger partial charge in [-0.3, -0.25) is 9.89 Å². The molecule has 5 nitrogen and oxygen atoms in total. The number of ether oxygens (including phenoxy) is 1. The van der Waals surface area contributed by atoms with E-state index in [0.29, 0.717) is 25.6 Å². The molecule has 0 radical (unpaired) electrons. The third-order valence-corrected chi connectivity index (χ3v) is 5.14. The summed E-state index contributed by atoms with van der Waals surface area (Å²) in [7, 11) is 1.67. The molecule has 2 N–H and O–H groups in total. The predicted octanol–water partition coefficient (Wildman–Crippen LogP) is 3.46. The van der Waals surface area contributed by atoms with Crippen LogP contribution in [-0.4, -0.2) is 63.4 Å². The lowest BCUT2D eigenvalue weighted by Gasteiger charge is -2.32. The molecular formula is C21H33F3N4O. The normalized spacial score (nSPS) is 16.7. The van der Waals surface area contributed by atoms with Crippen molar-refractivity contribution in [3.63, 3.8) is 0 Å². The van der Waals surface area contributed by atoms with E-state index in [4.69, 9.17) is 4.74 Å². The highest BCUT2D eigenvalue weighted by Crippen LogP contribution is 2.24. The first-order chi connectivity index (χ1) is 13.9. The Morgan fingerprint density at radius 3 is 2.59 bits per heavy atom. The van der Waals surface area contributed by atoms with Gasteiger partial charge in [-0.2, -0.15) is 13.2 Å². The lowest BCUT2D eigenvalue weighted by atomic mass is 9.93. The Labute approximate surface area is 171 Å². The fraction of sp³-hybridized carbons (Fsp3) is 0.667. The smallest absolute Gasteiger partial charge is 0.401 e. The number of likely N-dealkylation sites (tertiary alicyclic amines) is 1. The number of piperidine rings is 1. The van der Waals surface area contributed by atoms with E-state index in [1.807, 2.05) is 25.1 Å². The van der Waals surface area contributed by atoms with Crippen LogP contribution in [0.15, 0.2) is 29.3 Å². The fourth-order valence-corrected chi connectivity index (χ4v) is 3.61. The van der Waals surface area contributed by atoms with Crippen LogP contribution in [0.5, 0.6) is 5.75 Å². The second-order valence-corrected chi connectivity index (χ2v) is 7.37. The second-order valence-electron chi connectivity index (χ2n) is 7.37. The number of nitrogens with one attached hydrogen (secondary N) is 2. The number of guanidine groups is 1. The molecule has 0 bridgehead atoms. The number of hydrogen-bond acceptors (Lipinski definition) is 3. The summed E-state index contributed by atoms with van der Waals surface area (Å²) in [4.78, 5) is 6.13. The summed E-state index contributed by atoms with van der Waals surface area (Å²) in [6, 6.07) is 7.95. The zero-order chi connectivity index (χ0) is 21.1. The summed E-state index contributed by atoms with van der Waals surface area (Å²) < 4.78 is 42.8. The summed E-state index contributed by atoms with van der Waals surface area (Å²) in [6.45, 7) is 4.45. The Kier molecular flexibility index (Phi) is 9.57. The van der Waals surface area contributed by atoms with Crippen molar-refractivity contribution in [1.82, 2.24) is 15.5 Å². The van der Waals surface area contributed by atoms with Gasteiger partial charge in [0, 0.05) is 19.6 Å². The SMILES string of the molecule is CCNC(=NCCC1CCN(CC(F)(F)F)CC1)NCCc1ccccc1OC. The number of aliphatic imine (C=N–C) groups is 1. The van der Waals surface area contributed by atoms with Gasteiger partial charge in [-0.15, -0.1) is 0 Å². The van der Waals surface area contributed by atoms with Crippen molar-refractivity contribution in [2.24, 2.45) is 10.9 Å². The van der Waals surface area contributed by atoms with E-state index in [-0.39, 0.29) is 0 Å². The Hall–Kier alpha value is -1.96. The lowest BCUT2D eigenvalue weighted by molar-refractivity contribution is -0.148. The first kappa shape index (κ1) is 23.3. The van der Waals surface area contributed by atoms with Crippen LogP contribution < -0.4 is 15.4 Å². The molecule has 1 aliphatic rings. The van der Waals surface area contributed by atoms with E-state index < -0.39 is 12.7 Å². The van der Waals surface area contributed by atoms with E-state index in [1.54, 1.807) is 7.11 Å². The average Bonchev–Trinajstić information content (AvgIpc) is 2.68. The maximum atomic E-state index is 12.5. The van der Waals surface area contributed by atoms with Gasteiger partial charge >= 0.3 is 6.18 Å². The van der Waals surface area contributed by atoms with Crippen molar-refractivity contribution < 1.29 is 17.9 Å². The Morgan fingerprint density at radius 2 is 1.93 bits per heavy atom. The molecule has 0 aromatic heterocycles. The van der Waals surface area contributed by atoms with Crippen LogP contribution in [0.4, 0.5) is 13.2 Å². The van der Waals surface area contributed by atoms with Gasteiger partial charge in [-0.1, -0.05) is 18.2 Å². The first-order valence-electron chi connectivity index (χ1n) is 10.3. The number of alkyl halides is 3. The van der Waals surface area contributed by atoms with Crippen LogP contribution in [0.2, 0.25) is 0 Å². The molecule has 0 saturated carbocycles. The minimum atomic E-state index is -4.10. The fourth-order valence-electron chi connectivity index (χ4n) is 3.61. The van der Waals surface area contributed by atoms with E-state index >= 15 is 0 Å². The number of benzene rings is 1. The van der Waals surface area contributed by atoms with Gasteiger partial charge in [0.2, 0.25) is 0 Å². The maximum Gasteiger partial charge on any atom is 0.401 e. The van der Waals surface area contributed by atoms with Crippen LogP contribution in [0.1, 0.15) is 31.7 Å². The maximum absolute atomic E-state index is 12.5. The van der Waals surface area contributed by atoms with Crippen molar-refractivity contribution in [3.05, 3.63) is 29.8 Å². The molecule has 0 spiro atoms. The van der Waals surface area contributed by atoms with Crippen LogP contribution in [0.25, 0.3) is 0 Å². The predicted molar refractivity (Wildman–Crippen MR) is 111 cm³/mol. The Morgan fingerprint density at radius 1 is 1.21 bits per heavy atom. The molecule has 8 heteroatoms. The number of methoxy groups -OCH3 is 1. The number of halogens is 3. The molecule has 0 atom stereocenters. The van der Waals surface area contributed by atoms with Crippen molar-refractivity contribution in [2.75, 3.05) is 46.4 Å². The topological polar surface area (TPSA) is 48.9 Å². The van der Waals surface area contributed by atoms with Crippen LogP contribution >= 0.6 is 0 Å². The van der Waals surface area contributed by atoms with E-state index in [0.717, 1.165) is 56.0 Å². The molecule has 2 rings (SSSR count). The number of rotatable bonds is 9. The highest BCUT2D eigenvalue weighted by Gasteiger charge is 2.32. The molecule has 1 aromatic rings. The molecule has 0 unspecified atom stereocenters. The lowest BCUT2D eigenvalue weighted by Crippen LogP contribution is -2.40. The molecule has 164 valence electrons. The molecule has 1 heterocycles. The van der Waals surface area contributed by atoms with E-state index in [9.17, 15) is 13.2 Å². The molecule has 1 fully saturated rings. The third-order valence-electron chi connectivity index (χ3n) is 5.14. The highest BCUT2D eigenvalue weighted by molar-refractivity contribution is 5.79. The number of para-hydroxylation sites is 1. The van der Waals surface area contributed by atoms with Crippen LogP contribution in [-0.2, 0) is 6.42 Å². The third kappa shape index (κ3) is 8.94. The summed E-state index contributed by atoms with van der Waals surface area (Å²) in [5, 5.41) is 6.58. The second kappa shape index (κ2) is 11.9. The summed E-state index contributed by atoms with van der Waals surface area (Å²) in [6.07, 6.45) is -0.755. The van der Waals surface area contributed by atoms with Gasteiger partial charge in [0.05, 0.1) is 13.7 Å². The molecule has 29 heavy (non-hydrogen) atoms. The number of hydrogen-bond donors (Lipinski definition) is 2. The Bertz CT molecular complexity index is 629.